The van der Waals surface area contributed by atoms with E-state index < -0.39 is 11.8 Å². The van der Waals surface area contributed by atoms with E-state index in [1.54, 1.807) is 6.07 Å². The van der Waals surface area contributed by atoms with Gasteiger partial charge in [-0.15, -0.1) is 0 Å². The Morgan fingerprint density at radius 1 is 1.26 bits per heavy atom. The maximum absolute atomic E-state index is 12.9. The van der Waals surface area contributed by atoms with E-state index in [9.17, 15) is 9.18 Å². The molecule has 0 aliphatic heterocycles. The van der Waals surface area contributed by atoms with Crippen LogP contribution in [0.15, 0.2) is 36.7 Å². The number of hydrogen-bond acceptors (Lipinski definition) is 4. The number of hydrogen-bond donors (Lipinski definition) is 1. The number of ether oxygens (including phenoxy) is 1. The van der Waals surface area contributed by atoms with Crippen molar-refractivity contribution in [1.82, 2.24) is 9.97 Å². The summed E-state index contributed by atoms with van der Waals surface area (Å²) in [5.41, 5.74) is 0. The molecule has 6 heteroatoms. The van der Waals surface area contributed by atoms with Gasteiger partial charge in [-0.05, 0) is 12.1 Å². The predicted octanol–water partition coefficient (Wildman–Crippen LogP) is 2.43. The van der Waals surface area contributed by atoms with Crippen LogP contribution >= 0.6 is 0 Å². The summed E-state index contributed by atoms with van der Waals surface area (Å²) in [5.74, 6) is -0.152. The van der Waals surface area contributed by atoms with Crippen molar-refractivity contribution >= 4 is 5.97 Å². The van der Waals surface area contributed by atoms with Gasteiger partial charge in [0.2, 0.25) is 0 Å². The molecule has 0 spiro atoms. The summed E-state index contributed by atoms with van der Waals surface area (Å²) in [6.07, 6.45) is 3.09. The number of benzene rings is 1. The van der Waals surface area contributed by atoms with Gasteiger partial charge < -0.3 is 9.84 Å². The molecule has 1 aromatic carbocycles. The number of aliphatic carboxylic acids is 1. The Morgan fingerprint density at radius 3 is 2.63 bits per heavy atom. The van der Waals surface area contributed by atoms with E-state index in [4.69, 9.17) is 9.84 Å². The van der Waals surface area contributed by atoms with Gasteiger partial charge in [0.1, 0.15) is 17.4 Å². The van der Waals surface area contributed by atoms with E-state index in [1.807, 2.05) is 0 Å². The van der Waals surface area contributed by atoms with Crippen LogP contribution in [0.1, 0.15) is 12.2 Å². The third-order valence-electron chi connectivity index (χ3n) is 2.28. The second kappa shape index (κ2) is 5.90. The van der Waals surface area contributed by atoms with E-state index in [0.29, 0.717) is 17.3 Å². The molecule has 1 N–H and O–H groups in total. The van der Waals surface area contributed by atoms with Gasteiger partial charge >= 0.3 is 5.97 Å². The number of aryl methyl sites for hydroxylation is 1. The molecule has 0 saturated heterocycles. The lowest BCUT2D eigenvalue weighted by molar-refractivity contribution is -0.137. The number of halogens is 1. The van der Waals surface area contributed by atoms with Crippen molar-refractivity contribution in [3.8, 4) is 11.5 Å². The summed E-state index contributed by atoms with van der Waals surface area (Å²) < 4.78 is 18.3. The van der Waals surface area contributed by atoms with Crippen LogP contribution in [0.5, 0.6) is 11.5 Å². The van der Waals surface area contributed by atoms with E-state index in [0.717, 1.165) is 0 Å². The highest BCUT2D eigenvalue weighted by Gasteiger charge is 2.03. The van der Waals surface area contributed by atoms with Gasteiger partial charge in [0.05, 0.1) is 18.8 Å². The third kappa shape index (κ3) is 4.02. The lowest BCUT2D eigenvalue weighted by atomic mass is 10.3. The Bertz CT molecular complexity index is 572. The first-order valence-electron chi connectivity index (χ1n) is 5.59. The standard InChI is InChI=1S/C13H11FN2O3/c14-9-2-1-3-10(6-9)19-11-7-15-12(16-8-11)4-5-13(17)18/h1-3,6-8H,4-5H2,(H,17,18). The van der Waals surface area contributed by atoms with Crippen molar-refractivity contribution in [3.63, 3.8) is 0 Å². The summed E-state index contributed by atoms with van der Waals surface area (Å²) in [7, 11) is 0. The number of carboxylic acid groups (broad SMARTS) is 1. The quantitative estimate of drug-likeness (QED) is 0.895. The molecule has 1 aromatic heterocycles. The molecule has 2 aromatic rings. The summed E-state index contributed by atoms with van der Waals surface area (Å²) in [6.45, 7) is 0. The molecule has 0 atom stereocenters. The van der Waals surface area contributed by atoms with Crippen molar-refractivity contribution in [3.05, 3.63) is 48.3 Å². The fourth-order valence-electron chi connectivity index (χ4n) is 1.41. The molecule has 98 valence electrons. The zero-order valence-electron chi connectivity index (χ0n) is 9.91. The zero-order valence-corrected chi connectivity index (χ0v) is 9.91. The molecule has 2 rings (SSSR count). The van der Waals surface area contributed by atoms with Crippen LogP contribution < -0.4 is 4.74 Å². The van der Waals surface area contributed by atoms with Crippen molar-refractivity contribution in [1.29, 1.82) is 0 Å². The van der Waals surface area contributed by atoms with Gasteiger partial charge in [-0.3, -0.25) is 4.79 Å². The Kier molecular flexibility index (Phi) is 4.02. The lowest BCUT2D eigenvalue weighted by Gasteiger charge is -2.05. The Hall–Kier alpha value is -2.50. The van der Waals surface area contributed by atoms with E-state index in [2.05, 4.69) is 9.97 Å². The molecule has 0 amide bonds. The number of carbonyl (C=O) groups is 1. The summed E-state index contributed by atoms with van der Waals surface area (Å²) >= 11 is 0. The minimum Gasteiger partial charge on any atom is -0.481 e. The molecular weight excluding hydrogens is 251 g/mol. The molecule has 0 unspecified atom stereocenters. The summed E-state index contributed by atoms with van der Waals surface area (Å²) in [6, 6.07) is 5.71. The highest BCUT2D eigenvalue weighted by molar-refractivity contribution is 5.66. The highest BCUT2D eigenvalue weighted by atomic mass is 19.1. The SMILES string of the molecule is O=C(O)CCc1ncc(Oc2cccc(F)c2)cn1. The predicted molar refractivity (Wildman–Crippen MR) is 64.5 cm³/mol. The molecule has 0 aliphatic rings. The molecule has 0 radical (unpaired) electrons. The van der Waals surface area contributed by atoms with Crippen LogP contribution in [0.3, 0.4) is 0 Å². The molecule has 0 aliphatic carbocycles. The van der Waals surface area contributed by atoms with Gasteiger partial charge in [0.25, 0.3) is 0 Å². The lowest BCUT2D eigenvalue weighted by Crippen LogP contribution is -2.01. The topological polar surface area (TPSA) is 72.3 Å². The Labute approximate surface area is 108 Å². The summed E-state index contributed by atoms with van der Waals surface area (Å²) in [4.78, 5) is 18.3. The van der Waals surface area contributed by atoms with Gasteiger partial charge in [-0.25, -0.2) is 14.4 Å². The fraction of sp³-hybridized carbons (Fsp3) is 0.154. The first-order valence-corrected chi connectivity index (χ1v) is 5.59. The van der Waals surface area contributed by atoms with Crippen LogP contribution in [-0.4, -0.2) is 21.0 Å². The van der Waals surface area contributed by atoms with Gasteiger partial charge in [-0.1, -0.05) is 6.07 Å². The monoisotopic (exact) mass is 262 g/mol. The van der Waals surface area contributed by atoms with Crippen molar-refractivity contribution in [2.75, 3.05) is 0 Å². The van der Waals surface area contributed by atoms with Crippen LogP contribution in [0, 0.1) is 5.82 Å². The second-order valence-electron chi connectivity index (χ2n) is 3.79. The number of nitrogens with zero attached hydrogens (tertiary/aromatic N) is 2. The molecule has 0 fully saturated rings. The third-order valence-corrected chi connectivity index (χ3v) is 2.28. The molecule has 0 saturated carbocycles. The van der Waals surface area contributed by atoms with Crippen LogP contribution in [0.2, 0.25) is 0 Å². The van der Waals surface area contributed by atoms with Gasteiger partial charge in [-0.2, -0.15) is 0 Å². The minimum atomic E-state index is -0.899. The second-order valence-corrected chi connectivity index (χ2v) is 3.79. The smallest absolute Gasteiger partial charge is 0.303 e. The number of carboxylic acids is 1. The van der Waals surface area contributed by atoms with Crippen molar-refractivity contribution in [2.24, 2.45) is 0 Å². The van der Waals surface area contributed by atoms with Crippen molar-refractivity contribution < 1.29 is 19.0 Å². The van der Waals surface area contributed by atoms with Gasteiger partial charge in [0.15, 0.2) is 5.75 Å². The summed E-state index contributed by atoms with van der Waals surface area (Å²) in [5, 5.41) is 8.53. The maximum atomic E-state index is 12.9. The molecule has 0 bridgehead atoms. The first-order chi connectivity index (χ1) is 9.13. The van der Waals surface area contributed by atoms with Crippen LogP contribution in [0.4, 0.5) is 4.39 Å². The minimum absolute atomic E-state index is 0.0237. The Balaban J connectivity index is 2.00. The molecule has 5 nitrogen and oxygen atoms in total. The van der Waals surface area contributed by atoms with Gasteiger partial charge in [0, 0.05) is 12.5 Å². The number of rotatable bonds is 5. The highest BCUT2D eigenvalue weighted by Crippen LogP contribution is 2.20. The molecular formula is C13H11FN2O3. The Morgan fingerprint density at radius 2 is 2.00 bits per heavy atom. The van der Waals surface area contributed by atoms with E-state index in [1.165, 1.54) is 30.6 Å². The van der Waals surface area contributed by atoms with E-state index >= 15 is 0 Å². The van der Waals surface area contributed by atoms with Crippen molar-refractivity contribution in [2.45, 2.75) is 12.8 Å². The first kappa shape index (κ1) is 12.9. The van der Waals surface area contributed by atoms with Crippen LogP contribution in [-0.2, 0) is 11.2 Å². The normalized spacial score (nSPS) is 10.2. The molecule has 19 heavy (non-hydrogen) atoms. The molecule has 1 heterocycles. The largest absolute Gasteiger partial charge is 0.481 e. The van der Waals surface area contributed by atoms with E-state index in [-0.39, 0.29) is 12.8 Å². The number of aromatic nitrogens is 2. The zero-order chi connectivity index (χ0) is 13.7. The average Bonchev–Trinajstić information content (AvgIpc) is 2.38. The van der Waals surface area contributed by atoms with Crippen LogP contribution in [0.25, 0.3) is 0 Å². The average molecular weight is 262 g/mol. The maximum Gasteiger partial charge on any atom is 0.303 e. The fourth-order valence-corrected chi connectivity index (χ4v) is 1.41.